The number of unbranched alkanes of at least 4 members (excludes halogenated alkanes) is 1. The van der Waals surface area contributed by atoms with Crippen molar-refractivity contribution in [2.24, 2.45) is 0 Å². The number of rotatable bonds is 7. The Balaban J connectivity index is 3.33. The lowest BCUT2D eigenvalue weighted by Gasteiger charge is -2.19. The van der Waals surface area contributed by atoms with Crippen LogP contribution in [0, 0.1) is 0 Å². The van der Waals surface area contributed by atoms with Crippen molar-refractivity contribution in [3.8, 4) is 0 Å². The summed E-state index contributed by atoms with van der Waals surface area (Å²) in [6.07, 6.45) is 4.33. The van der Waals surface area contributed by atoms with Gasteiger partial charge in [-0.15, -0.1) is 0 Å². The zero-order valence-electron chi connectivity index (χ0n) is 8.71. The molecule has 12 heavy (non-hydrogen) atoms. The summed E-state index contributed by atoms with van der Waals surface area (Å²) >= 11 is 0. The molecule has 1 unspecified atom stereocenters. The van der Waals surface area contributed by atoms with Crippen molar-refractivity contribution in [3.63, 3.8) is 0 Å². The molecule has 1 N–H and O–H groups in total. The molecule has 0 aromatic rings. The smallest absolute Gasteiger partial charge is 0.0666 e. The maximum Gasteiger partial charge on any atom is 0.0666 e. The highest BCUT2D eigenvalue weighted by atomic mass is 16.3. The van der Waals surface area contributed by atoms with E-state index >= 15 is 0 Å². The summed E-state index contributed by atoms with van der Waals surface area (Å²) in [5.74, 6) is 0. The lowest BCUT2D eigenvalue weighted by molar-refractivity contribution is 0.116. The van der Waals surface area contributed by atoms with Gasteiger partial charge in [-0.25, -0.2) is 0 Å². The Morgan fingerprint density at radius 1 is 1.25 bits per heavy atom. The van der Waals surface area contributed by atoms with E-state index in [2.05, 4.69) is 25.8 Å². The number of hydrogen-bond acceptors (Lipinski definition) is 2. The summed E-state index contributed by atoms with van der Waals surface area (Å²) in [5.41, 5.74) is 0. The summed E-state index contributed by atoms with van der Waals surface area (Å²) < 4.78 is 0. The van der Waals surface area contributed by atoms with Gasteiger partial charge in [-0.2, -0.15) is 0 Å². The van der Waals surface area contributed by atoms with Crippen LogP contribution in [0.4, 0.5) is 0 Å². The van der Waals surface area contributed by atoms with Gasteiger partial charge in [0.15, 0.2) is 0 Å². The molecule has 74 valence electrons. The fraction of sp³-hybridized carbons (Fsp3) is 1.00. The van der Waals surface area contributed by atoms with E-state index in [4.69, 9.17) is 0 Å². The number of aliphatic hydroxyl groups is 1. The second-order valence-corrected chi connectivity index (χ2v) is 3.56. The zero-order valence-corrected chi connectivity index (χ0v) is 8.71. The van der Waals surface area contributed by atoms with Crippen LogP contribution in [-0.2, 0) is 0 Å². The van der Waals surface area contributed by atoms with Crippen molar-refractivity contribution in [2.75, 3.05) is 20.1 Å². The van der Waals surface area contributed by atoms with Gasteiger partial charge in [-0.1, -0.05) is 26.7 Å². The van der Waals surface area contributed by atoms with Gasteiger partial charge in [0.2, 0.25) is 0 Å². The topological polar surface area (TPSA) is 23.5 Å². The number of hydrogen-bond donors (Lipinski definition) is 1. The highest BCUT2D eigenvalue weighted by molar-refractivity contribution is 4.60. The summed E-state index contributed by atoms with van der Waals surface area (Å²) in [6, 6.07) is 0. The summed E-state index contributed by atoms with van der Waals surface area (Å²) in [6.45, 7) is 6.23. The van der Waals surface area contributed by atoms with Crippen LogP contribution in [0.1, 0.15) is 39.5 Å². The fourth-order valence-electron chi connectivity index (χ4n) is 1.30. The molecule has 0 rings (SSSR count). The van der Waals surface area contributed by atoms with Crippen LogP contribution in [0.25, 0.3) is 0 Å². The molecule has 0 spiro atoms. The lowest BCUT2D eigenvalue weighted by atomic mass is 10.2. The van der Waals surface area contributed by atoms with Crippen molar-refractivity contribution >= 4 is 0 Å². The van der Waals surface area contributed by atoms with Gasteiger partial charge in [-0.3, -0.25) is 0 Å². The Morgan fingerprint density at radius 3 is 2.42 bits per heavy atom. The van der Waals surface area contributed by atoms with Crippen LogP contribution >= 0.6 is 0 Å². The second-order valence-electron chi connectivity index (χ2n) is 3.56. The third-order valence-electron chi connectivity index (χ3n) is 2.04. The van der Waals surface area contributed by atoms with Crippen LogP contribution < -0.4 is 0 Å². The molecule has 0 aliphatic carbocycles. The van der Waals surface area contributed by atoms with Crippen molar-refractivity contribution in [3.05, 3.63) is 0 Å². The minimum atomic E-state index is -0.128. The van der Waals surface area contributed by atoms with Gasteiger partial charge in [0, 0.05) is 6.54 Å². The molecule has 0 bridgehead atoms. The quantitative estimate of drug-likeness (QED) is 0.635. The number of nitrogens with zero attached hydrogens (tertiary/aromatic N) is 1. The minimum absolute atomic E-state index is 0.128. The SMILES string of the molecule is CCCCN(C)CC(O)CCC. The standard InChI is InChI=1S/C10H23NO/c1-4-6-8-11(3)9-10(12)7-5-2/h10,12H,4-9H2,1-3H3. The Kier molecular flexibility index (Phi) is 7.51. The number of aliphatic hydroxyl groups excluding tert-OH is 1. The minimum Gasteiger partial charge on any atom is -0.392 e. The highest BCUT2D eigenvalue weighted by Crippen LogP contribution is 1.99. The predicted octanol–water partition coefficient (Wildman–Crippen LogP) is 1.88. The van der Waals surface area contributed by atoms with E-state index in [-0.39, 0.29) is 6.10 Å². The lowest BCUT2D eigenvalue weighted by Crippen LogP contribution is -2.29. The molecule has 0 amide bonds. The maximum absolute atomic E-state index is 9.48. The average Bonchev–Trinajstić information content (AvgIpc) is 2.01. The van der Waals surface area contributed by atoms with E-state index in [1.54, 1.807) is 0 Å². The summed E-state index contributed by atoms with van der Waals surface area (Å²) in [5, 5.41) is 9.48. The second kappa shape index (κ2) is 7.56. The Morgan fingerprint density at radius 2 is 1.92 bits per heavy atom. The third-order valence-corrected chi connectivity index (χ3v) is 2.04. The van der Waals surface area contributed by atoms with E-state index in [1.807, 2.05) is 0 Å². The first kappa shape index (κ1) is 11.9. The molecule has 0 aliphatic rings. The first-order chi connectivity index (χ1) is 5.70. The first-order valence-corrected chi connectivity index (χ1v) is 5.07. The molecular weight excluding hydrogens is 150 g/mol. The van der Waals surface area contributed by atoms with Crippen molar-refractivity contribution in [1.29, 1.82) is 0 Å². The molecular formula is C10H23NO. The van der Waals surface area contributed by atoms with Crippen LogP contribution in [0.5, 0.6) is 0 Å². The van der Waals surface area contributed by atoms with E-state index < -0.39 is 0 Å². The fourth-order valence-corrected chi connectivity index (χ4v) is 1.30. The molecule has 0 saturated heterocycles. The van der Waals surface area contributed by atoms with E-state index in [9.17, 15) is 5.11 Å². The highest BCUT2D eigenvalue weighted by Gasteiger charge is 2.05. The molecule has 0 radical (unpaired) electrons. The normalized spacial score (nSPS) is 13.8. The Labute approximate surface area is 76.6 Å². The monoisotopic (exact) mass is 173 g/mol. The molecule has 0 fully saturated rings. The third kappa shape index (κ3) is 6.62. The predicted molar refractivity (Wildman–Crippen MR) is 53.3 cm³/mol. The van der Waals surface area contributed by atoms with E-state index in [0.717, 1.165) is 25.9 Å². The van der Waals surface area contributed by atoms with Crippen molar-refractivity contribution in [1.82, 2.24) is 4.90 Å². The van der Waals surface area contributed by atoms with Crippen LogP contribution in [0.15, 0.2) is 0 Å². The van der Waals surface area contributed by atoms with Crippen LogP contribution in [-0.4, -0.2) is 36.2 Å². The largest absolute Gasteiger partial charge is 0.392 e. The van der Waals surface area contributed by atoms with Gasteiger partial charge in [-0.05, 0) is 26.4 Å². The molecule has 2 nitrogen and oxygen atoms in total. The average molecular weight is 173 g/mol. The van der Waals surface area contributed by atoms with Gasteiger partial charge in [0.05, 0.1) is 6.10 Å². The van der Waals surface area contributed by atoms with Crippen molar-refractivity contribution in [2.45, 2.75) is 45.6 Å². The molecule has 0 saturated carbocycles. The Bertz CT molecular complexity index is 95.8. The number of likely N-dealkylation sites (N-methyl/N-ethyl adjacent to an activating group) is 1. The van der Waals surface area contributed by atoms with Crippen LogP contribution in [0.3, 0.4) is 0 Å². The van der Waals surface area contributed by atoms with Gasteiger partial charge in [0.25, 0.3) is 0 Å². The molecule has 0 aromatic carbocycles. The summed E-state index contributed by atoms with van der Waals surface area (Å²) in [4.78, 5) is 2.21. The zero-order chi connectivity index (χ0) is 9.40. The van der Waals surface area contributed by atoms with Gasteiger partial charge in [0.1, 0.15) is 0 Å². The first-order valence-electron chi connectivity index (χ1n) is 5.07. The van der Waals surface area contributed by atoms with Gasteiger partial charge >= 0.3 is 0 Å². The van der Waals surface area contributed by atoms with E-state index in [1.165, 1.54) is 12.8 Å². The van der Waals surface area contributed by atoms with Gasteiger partial charge < -0.3 is 10.0 Å². The Hall–Kier alpha value is -0.0800. The van der Waals surface area contributed by atoms with E-state index in [0.29, 0.717) is 0 Å². The van der Waals surface area contributed by atoms with Crippen molar-refractivity contribution < 1.29 is 5.11 Å². The molecule has 0 heterocycles. The molecule has 0 aromatic heterocycles. The maximum atomic E-state index is 9.48. The molecule has 1 atom stereocenters. The molecule has 0 aliphatic heterocycles. The molecule has 2 heteroatoms. The summed E-state index contributed by atoms with van der Waals surface area (Å²) in [7, 11) is 2.08. The van der Waals surface area contributed by atoms with Crippen LogP contribution in [0.2, 0.25) is 0 Å².